The van der Waals surface area contributed by atoms with Crippen LogP contribution in [0.25, 0.3) is 0 Å². The van der Waals surface area contributed by atoms with Crippen LogP contribution < -0.4 is 10.2 Å². The van der Waals surface area contributed by atoms with Crippen LogP contribution in [0.15, 0.2) is 42.6 Å². The van der Waals surface area contributed by atoms with E-state index in [1.165, 1.54) is 0 Å². The number of likely N-dealkylation sites (N-methyl/N-ethyl adjacent to an activating group) is 1. The van der Waals surface area contributed by atoms with Gasteiger partial charge < -0.3 is 20.2 Å². The number of aromatic nitrogens is 1. The first kappa shape index (κ1) is 15.3. The highest BCUT2D eigenvalue weighted by Gasteiger charge is 2.21. The van der Waals surface area contributed by atoms with Crippen molar-refractivity contribution < 1.29 is 9.90 Å². The summed E-state index contributed by atoms with van der Waals surface area (Å²) >= 11 is 0. The molecule has 1 saturated heterocycles. The van der Waals surface area contributed by atoms with Crippen LogP contribution >= 0.6 is 0 Å². The van der Waals surface area contributed by atoms with Crippen molar-refractivity contribution in [1.29, 1.82) is 0 Å². The molecule has 1 aliphatic rings. The zero-order chi connectivity index (χ0) is 16.2. The number of hydrogen-bond acceptors (Lipinski definition) is 5. The van der Waals surface area contributed by atoms with E-state index in [1.54, 1.807) is 42.6 Å². The Bertz CT molecular complexity index is 679. The maximum atomic E-state index is 12.6. The van der Waals surface area contributed by atoms with Crippen molar-refractivity contribution in [3.05, 3.63) is 48.2 Å². The molecule has 1 fully saturated rings. The molecular formula is C17H20N4O2. The second-order valence-electron chi connectivity index (χ2n) is 5.67. The van der Waals surface area contributed by atoms with Gasteiger partial charge in [0.25, 0.3) is 5.91 Å². The van der Waals surface area contributed by atoms with E-state index in [4.69, 9.17) is 0 Å². The Morgan fingerprint density at radius 1 is 1.13 bits per heavy atom. The van der Waals surface area contributed by atoms with Gasteiger partial charge in [0, 0.05) is 38.1 Å². The number of pyridine rings is 1. The van der Waals surface area contributed by atoms with Crippen LogP contribution in [0.1, 0.15) is 10.4 Å². The predicted molar refractivity (Wildman–Crippen MR) is 90.0 cm³/mol. The lowest BCUT2D eigenvalue weighted by molar-refractivity contribution is 0.102. The third-order valence-corrected chi connectivity index (χ3v) is 3.96. The first-order chi connectivity index (χ1) is 11.1. The zero-order valence-corrected chi connectivity index (χ0v) is 13.1. The fraction of sp³-hybridized carbons (Fsp3) is 0.294. The minimum atomic E-state index is -0.197. The number of nitrogens with one attached hydrogen (secondary N) is 1. The smallest absolute Gasteiger partial charge is 0.259 e. The molecule has 2 aromatic rings. The van der Waals surface area contributed by atoms with Gasteiger partial charge in [0.1, 0.15) is 11.6 Å². The second kappa shape index (κ2) is 6.66. The molecule has 0 unspecified atom stereocenters. The zero-order valence-electron chi connectivity index (χ0n) is 13.1. The molecule has 0 spiro atoms. The van der Waals surface area contributed by atoms with Crippen molar-refractivity contribution in [2.24, 2.45) is 0 Å². The Balaban J connectivity index is 1.79. The van der Waals surface area contributed by atoms with Gasteiger partial charge in [0.05, 0.1) is 5.56 Å². The molecular weight excluding hydrogens is 292 g/mol. The molecule has 1 amide bonds. The Morgan fingerprint density at radius 2 is 1.83 bits per heavy atom. The van der Waals surface area contributed by atoms with Crippen LogP contribution in [0.2, 0.25) is 0 Å². The topological polar surface area (TPSA) is 68.7 Å². The lowest BCUT2D eigenvalue weighted by Gasteiger charge is -2.34. The number of amides is 1. The number of phenols is 1. The Hall–Kier alpha value is -2.60. The third kappa shape index (κ3) is 3.60. The fourth-order valence-electron chi connectivity index (χ4n) is 2.59. The van der Waals surface area contributed by atoms with Gasteiger partial charge in [-0.1, -0.05) is 0 Å². The standard InChI is InChI=1S/C17H20N4O2/c1-20-9-11-21(12-10-20)16-15(3-2-8-18-16)17(23)19-13-4-6-14(22)7-5-13/h2-8,22H,9-12H2,1H3,(H,19,23). The molecule has 1 aliphatic heterocycles. The summed E-state index contributed by atoms with van der Waals surface area (Å²) in [5.41, 5.74) is 1.20. The van der Waals surface area contributed by atoms with Gasteiger partial charge >= 0.3 is 0 Å². The van der Waals surface area contributed by atoms with Crippen molar-refractivity contribution in [3.8, 4) is 5.75 Å². The van der Waals surface area contributed by atoms with Crippen LogP contribution in [0.3, 0.4) is 0 Å². The summed E-state index contributed by atoms with van der Waals surface area (Å²) < 4.78 is 0. The molecule has 0 radical (unpaired) electrons. The lowest BCUT2D eigenvalue weighted by Crippen LogP contribution is -2.45. The molecule has 0 saturated carbocycles. The Morgan fingerprint density at radius 3 is 2.52 bits per heavy atom. The summed E-state index contributed by atoms with van der Waals surface area (Å²) in [6.07, 6.45) is 1.71. The maximum absolute atomic E-state index is 12.6. The molecule has 2 N–H and O–H groups in total. The maximum Gasteiger partial charge on any atom is 0.259 e. The second-order valence-corrected chi connectivity index (χ2v) is 5.67. The molecule has 23 heavy (non-hydrogen) atoms. The number of piperazine rings is 1. The molecule has 6 heteroatoms. The largest absolute Gasteiger partial charge is 0.508 e. The van der Waals surface area contributed by atoms with E-state index in [2.05, 4.69) is 27.1 Å². The summed E-state index contributed by atoms with van der Waals surface area (Å²) in [6, 6.07) is 9.97. The summed E-state index contributed by atoms with van der Waals surface area (Å²) in [7, 11) is 2.09. The van der Waals surface area contributed by atoms with Crippen molar-refractivity contribution in [2.75, 3.05) is 43.4 Å². The number of phenolic OH excluding ortho intramolecular Hbond substituents is 1. The molecule has 0 aliphatic carbocycles. The summed E-state index contributed by atoms with van der Waals surface area (Å²) in [4.78, 5) is 21.4. The molecule has 1 aromatic heterocycles. The number of nitrogens with zero attached hydrogens (tertiary/aromatic N) is 3. The van der Waals surface area contributed by atoms with Gasteiger partial charge in [-0.15, -0.1) is 0 Å². The van der Waals surface area contributed by atoms with Crippen LogP contribution in [-0.2, 0) is 0 Å². The van der Waals surface area contributed by atoms with Crippen molar-refractivity contribution in [2.45, 2.75) is 0 Å². The highest BCUT2D eigenvalue weighted by atomic mass is 16.3. The summed E-state index contributed by atoms with van der Waals surface area (Å²) in [5, 5.41) is 12.2. The molecule has 6 nitrogen and oxygen atoms in total. The van der Waals surface area contributed by atoms with E-state index < -0.39 is 0 Å². The number of aromatic hydroxyl groups is 1. The molecule has 0 bridgehead atoms. The number of rotatable bonds is 3. The van der Waals surface area contributed by atoms with Crippen LogP contribution in [0.4, 0.5) is 11.5 Å². The quantitative estimate of drug-likeness (QED) is 0.846. The first-order valence-electron chi connectivity index (χ1n) is 7.62. The lowest BCUT2D eigenvalue weighted by atomic mass is 10.2. The van der Waals surface area contributed by atoms with Gasteiger partial charge in [-0.25, -0.2) is 4.98 Å². The van der Waals surface area contributed by atoms with Crippen LogP contribution in [0, 0.1) is 0 Å². The highest BCUT2D eigenvalue weighted by molar-refractivity contribution is 6.07. The van der Waals surface area contributed by atoms with Gasteiger partial charge in [0.2, 0.25) is 0 Å². The number of carbonyl (C=O) groups excluding carboxylic acids is 1. The van der Waals surface area contributed by atoms with Gasteiger partial charge in [0.15, 0.2) is 0 Å². The van der Waals surface area contributed by atoms with Crippen LogP contribution in [-0.4, -0.2) is 54.1 Å². The van der Waals surface area contributed by atoms with Gasteiger partial charge in [-0.2, -0.15) is 0 Å². The predicted octanol–water partition coefficient (Wildman–Crippen LogP) is 1.79. The minimum absolute atomic E-state index is 0.169. The third-order valence-electron chi connectivity index (χ3n) is 3.96. The normalized spacial score (nSPS) is 15.4. The first-order valence-corrected chi connectivity index (χ1v) is 7.62. The highest BCUT2D eigenvalue weighted by Crippen LogP contribution is 2.21. The van der Waals surface area contributed by atoms with Gasteiger partial charge in [-0.05, 0) is 43.4 Å². The number of carbonyl (C=O) groups is 1. The number of anilines is 2. The molecule has 0 atom stereocenters. The fourth-order valence-corrected chi connectivity index (χ4v) is 2.59. The van der Waals surface area contributed by atoms with E-state index in [0.29, 0.717) is 11.3 Å². The Labute approximate surface area is 135 Å². The average molecular weight is 312 g/mol. The van der Waals surface area contributed by atoms with Crippen molar-refractivity contribution >= 4 is 17.4 Å². The van der Waals surface area contributed by atoms with Crippen molar-refractivity contribution in [3.63, 3.8) is 0 Å². The van der Waals surface area contributed by atoms with E-state index in [1.807, 2.05) is 0 Å². The Kier molecular flexibility index (Phi) is 4.43. The monoisotopic (exact) mass is 312 g/mol. The summed E-state index contributed by atoms with van der Waals surface area (Å²) in [5.74, 6) is 0.692. The van der Waals surface area contributed by atoms with E-state index in [0.717, 1.165) is 32.0 Å². The SMILES string of the molecule is CN1CCN(c2ncccc2C(=O)Nc2ccc(O)cc2)CC1. The van der Waals surface area contributed by atoms with Gasteiger partial charge in [-0.3, -0.25) is 4.79 Å². The summed E-state index contributed by atoms with van der Waals surface area (Å²) in [6.45, 7) is 3.62. The van der Waals surface area contributed by atoms with E-state index in [9.17, 15) is 9.90 Å². The average Bonchev–Trinajstić information content (AvgIpc) is 2.58. The molecule has 2 heterocycles. The van der Waals surface area contributed by atoms with E-state index in [-0.39, 0.29) is 11.7 Å². The van der Waals surface area contributed by atoms with E-state index >= 15 is 0 Å². The molecule has 3 rings (SSSR count). The minimum Gasteiger partial charge on any atom is -0.508 e. The van der Waals surface area contributed by atoms with Crippen LogP contribution in [0.5, 0.6) is 5.75 Å². The van der Waals surface area contributed by atoms with Crippen molar-refractivity contribution in [1.82, 2.24) is 9.88 Å². The molecule has 120 valence electrons. The number of hydrogen-bond donors (Lipinski definition) is 2. The number of benzene rings is 1. The molecule has 1 aromatic carbocycles.